The highest BCUT2D eigenvalue weighted by Crippen LogP contribution is 2.25. The van der Waals surface area contributed by atoms with E-state index in [1.807, 2.05) is 6.92 Å². The molecule has 1 heterocycles. The van der Waals surface area contributed by atoms with Crippen LogP contribution in [0.25, 0.3) is 0 Å². The van der Waals surface area contributed by atoms with E-state index < -0.39 is 0 Å². The van der Waals surface area contributed by atoms with Crippen molar-refractivity contribution in [2.24, 2.45) is 0 Å². The minimum atomic E-state index is -0.362. The van der Waals surface area contributed by atoms with Gasteiger partial charge < -0.3 is 18.9 Å². The van der Waals surface area contributed by atoms with E-state index in [0.717, 1.165) is 0 Å². The minimum absolute atomic E-state index is 0.178. The van der Waals surface area contributed by atoms with Crippen LogP contribution in [-0.4, -0.2) is 44.8 Å². The van der Waals surface area contributed by atoms with Crippen molar-refractivity contribution in [1.82, 2.24) is 0 Å². The second-order valence-corrected chi connectivity index (χ2v) is 3.59. The highest BCUT2D eigenvalue weighted by molar-refractivity contribution is 5.66. The fourth-order valence-corrected chi connectivity index (χ4v) is 1.74. The van der Waals surface area contributed by atoms with Crippen molar-refractivity contribution in [3.05, 3.63) is 0 Å². The van der Waals surface area contributed by atoms with Crippen LogP contribution in [0.5, 0.6) is 0 Å². The summed E-state index contributed by atoms with van der Waals surface area (Å²) < 4.78 is 21.0. The second kappa shape index (κ2) is 5.44. The molecule has 0 bridgehead atoms. The van der Waals surface area contributed by atoms with Crippen molar-refractivity contribution in [3.8, 4) is 0 Å². The van der Waals surface area contributed by atoms with E-state index in [-0.39, 0.29) is 30.6 Å². The number of ether oxygens (including phenoxy) is 4. The third-order valence-electron chi connectivity index (χ3n) is 2.49. The Morgan fingerprint density at radius 1 is 1.33 bits per heavy atom. The van der Waals surface area contributed by atoms with Gasteiger partial charge in [0.2, 0.25) is 0 Å². The standard InChI is InChI=1S/C10H18O5/c1-6-10(15-7(2)11)8(12-3)5-9(13-4)14-6/h6,8-10H,5H2,1-4H3/t6-,8-,9+,10+/m0/s1. The number of esters is 1. The molecule has 1 aliphatic heterocycles. The monoisotopic (exact) mass is 218 g/mol. The molecule has 1 rings (SSSR count). The van der Waals surface area contributed by atoms with E-state index in [9.17, 15) is 4.79 Å². The number of hydrogen-bond acceptors (Lipinski definition) is 5. The number of carbonyl (C=O) groups excluding carboxylic acids is 1. The first kappa shape index (κ1) is 12.4. The van der Waals surface area contributed by atoms with Crippen LogP contribution in [0.2, 0.25) is 0 Å². The molecular formula is C10H18O5. The number of rotatable bonds is 3. The van der Waals surface area contributed by atoms with E-state index >= 15 is 0 Å². The lowest BCUT2D eigenvalue weighted by Crippen LogP contribution is -2.50. The van der Waals surface area contributed by atoms with Gasteiger partial charge in [0.15, 0.2) is 12.4 Å². The highest BCUT2D eigenvalue weighted by atomic mass is 16.7. The summed E-state index contributed by atoms with van der Waals surface area (Å²) in [5.74, 6) is -0.326. The van der Waals surface area contributed by atoms with Gasteiger partial charge in [0, 0.05) is 27.6 Å². The maximum atomic E-state index is 10.9. The van der Waals surface area contributed by atoms with Crippen LogP contribution >= 0.6 is 0 Å². The maximum absolute atomic E-state index is 10.9. The molecule has 0 aromatic rings. The highest BCUT2D eigenvalue weighted by Gasteiger charge is 2.38. The summed E-state index contributed by atoms with van der Waals surface area (Å²) in [6, 6.07) is 0. The van der Waals surface area contributed by atoms with Gasteiger partial charge in [-0.1, -0.05) is 0 Å². The van der Waals surface area contributed by atoms with E-state index in [4.69, 9.17) is 18.9 Å². The van der Waals surface area contributed by atoms with Crippen LogP contribution in [0.4, 0.5) is 0 Å². The summed E-state index contributed by atoms with van der Waals surface area (Å²) in [6.07, 6.45) is -0.495. The Morgan fingerprint density at radius 2 is 2.00 bits per heavy atom. The molecule has 1 fully saturated rings. The summed E-state index contributed by atoms with van der Waals surface area (Å²) in [7, 11) is 3.17. The lowest BCUT2D eigenvalue weighted by Gasteiger charge is -2.38. The van der Waals surface area contributed by atoms with Crippen molar-refractivity contribution in [1.29, 1.82) is 0 Å². The molecule has 1 aliphatic rings. The maximum Gasteiger partial charge on any atom is 0.303 e. The van der Waals surface area contributed by atoms with Gasteiger partial charge in [0.05, 0.1) is 6.10 Å². The summed E-state index contributed by atoms with van der Waals surface area (Å²) in [4.78, 5) is 10.9. The Bertz CT molecular complexity index is 218. The molecule has 5 heteroatoms. The van der Waals surface area contributed by atoms with E-state index in [1.165, 1.54) is 6.92 Å². The SMILES string of the molecule is CO[C@H]1C[C@H](OC)[C@H](OC(C)=O)[C@H](C)O1. The largest absolute Gasteiger partial charge is 0.457 e. The van der Waals surface area contributed by atoms with Crippen molar-refractivity contribution in [2.45, 2.75) is 44.9 Å². The Kier molecular flexibility index (Phi) is 4.50. The Labute approximate surface area is 89.6 Å². The first-order valence-electron chi connectivity index (χ1n) is 4.96. The molecule has 0 aromatic carbocycles. The topological polar surface area (TPSA) is 54.0 Å². The molecule has 4 atom stereocenters. The Balaban J connectivity index is 2.64. The lowest BCUT2D eigenvalue weighted by molar-refractivity contribution is -0.248. The third kappa shape index (κ3) is 3.15. The molecule has 0 saturated carbocycles. The van der Waals surface area contributed by atoms with Crippen LogP contribution in [0.1, 0.15) is 20.3 Å². The van der Waals surface area contributed by atoms with Crippen LogP contribution in [0, 0.1) is 0 Å². The molecule has 0 radical (unpaired) electrons. The number of carbonyl (C=O) groups is 1. The Morgan fingerprint density at radius 3 is 2.47 bits per heavy atom. The smallest absolute Gasteiger partial charge is 0.303 e. The molecule has 0 spiro atoms. The normalized spacial score (nSPS) is 36.3. The predicted octanol–water partition coefficient (Wildman–Crippen LogP) is 0.714. The van der Waals surface area contributed by atoms with Gasteiger partial charge in [-0.2, -0.15) is 0 Å². The van der Waals surface area contributed by atoms with Crippen LogP contribution in [0.15, 0.2) is 0 Å². The fraction of sp³-hybridized carbons (Fsp3) is 0.900. The van der Waals surface area contributed by atoms with Gasteiger partial charge >= 0.3 is 5.97 Å². The van der Waals surface area contributed by atoms with Crippen molar-refractivity contribution in [2.75, 3.05) is 14.2 Å². The first-order chi connectivity index (χ1) is 7.08. The summed E-state index contributed by atoms with van der Waals surface area (Å²) in [5, 5.41) is 0. The van der Waals surface area contributed by atoms with E-state index in [0.29, 0.717) is 6.42 Å². The number of hydrogen-bond donors (Lipinski definition) is 0. The summed E-state index contributed by atoms with van der Waals surface area (Å²) in [6.45, 7) is 3.21. The van der Waals surface area contributed by atoms with Gasteiger partial charge in [-0.15, -0.1) is 0 Å². The molecular weight excluding hydrogens is 200 g/mol. The quantitative estimate of drug-likeness (QED) is 0.653. The molecule has 5 nitrogen and oxygen atoms in total. The van der Waals surface area contributed by atoms with Crippen molar-refractivity contribution < 1.29 is 23.7 Å². The molecule has 0 unspecified atom stereocenters. The molecule has 15 heavy (non-hydrogen) atoms. The molecule has 1 saturated heterocycles. The average molecular weight is 218 g/mol. The molecule has 0 aromatic heterocycles. The van der Waals surface area contributed by atoms with Gasteiger partial charge in [0.1, 0.15) is 6.10 Å². The zero-order valence-corrected chi connectivity index (χ0v) is 9.56. The minimum Gasteiger partial charge on any atom is -0.457 e. The third-order valence-corrected chi connectivity index (χ3v) is 2.49. The fourth-order valence-electron chi connectivity index (χ4n) is 1.74. The summed E-state index contributed by atoms with van der Waals surface area (Å²) in [5.41, 5.74) is 0. The van der Waals surface area contributed by atoms with E-state index in [1.54, 1.807) is 14.2 Å². The van der Waals surface area contributed by atoms with Gasteiger partial charge in [0.25, 0.3) is 0 Å². The van der Waals surface area contributed by atoms with Crippen molar-refractivity contribution >= 4 is 5.97 Å². The molecule has 0 aliphatic carbocycles. The average Bonchev–Trinajstić information content (AvgIpc) is 2.20. The van der Waals surface area contributed by atoms with Crippen LogP contribution in [0.3, 0.4) is 0 Å². The second-order valence-electron chi connectivity index (χ2n) is 3.59. The van der Waals surface area contributed by atoms with Crippen LogP contribution < -0.4 is 0 Å². The van der Waals surface area contributed by atoms with Gasteiger partial charge in [-0.05, 0) is 6.92 Å². The van der Waals surface area contributed by atoms with E-state index in [2.05, 4.69) is 0 Å². The zero-order valence-electron chi connectivity index (χ0n) is 9.56. The zero-order chi connectivity index (χ0) is 11.4. The van der Waals surface area contributed by atoms with Gasteiger partial charge in [-0.3, -0.25) is 4.79 Å². The van der Waals surface area contributed by atoms with Gasteiger partial charge in [-0.25, -0.2) is 0 Å². The lowest BCUT2D eigenvalue weighted by atomic mass is 10.0. The molecule has 0 amide bonds. The molecule has 0 N–H and O–H groups in total. The number of methoxy groups -OCH3 is 2. The summed E-state index contributed by atoms with van der Waals surface area (Å²) >= 11 is 0. The van der Waals surface area contributed by atoms with Crippen molar-refractivity contribution in [3.63, 3.8) is 0 Å². The Hall–Kier alpha value is -0.650. The first-order valence-corrected chi connectivity index (χ1v) is 4.96. The van der Waals surface area contributed by atoms with Crippen LogP contribution in [-0.2, 0) is 23.7 Å². The predicted molar refractivity (Wildman–Crippen MR) is 52.3 cm³/mol. The molecule has 88 valence electrons.